The Hall–Kier alpha value is -0.610. The number of nitrogens with zero attached hydrogens (tertiary/aromatic N) is 2. The molecule has 104 valence electrons. The van der Waals surface area contributed by atoms with Gasteiger partial charge in [0.05, 0.1) is 6.54 Å². The van der Waals surface area contributed by atoms with E-state index in [1.807, 2.05) is 0 Å². The summed E-state index contributed by atoms with van der Waals surface area (Å²) >= 11 is 0. The molecule has 0 saturated carbocycles. The fraction of sp³-hybridized carbons (Fsp3) is 0.929. The fourth-order valence-corrected chi connectivity index (χ4v) is 3.41. The van der Waals surface area contributed by atoms with E-state index in [1.54, 1.807) is 0 Å². The van der Waals surface area contributed by atoms with E-state index in [0.29, 0.717) is 24.5 Å². The first-order chi connectivity index (χ1) is 8.49. The summed E-state index contributed by atoms with van der Waals surface area (Å²) in [6.45, 7) is 8.89. The smallest absolute Gasteiger partial charge is 0.237 e. The van der Waals surface area contributed by atoms with Gasteiger partial charge in [0.15, 0.2) is 0 Å². The van der Waals surface area contributed by atoms with Gasteiger partial charge in [0.2, 0.25) is 5.91 Å². The molecule has 0 aliphatic carbocycles. The number of rotatable bonds is 2. The Bertz CT molecular complexity index is 287. The molecule has 2 aliphatic rings. The molecule has 0 aromatic heterocycles. The van der Waals surface area contributed by atoms with Crippen LogP contribution in [0.15, 0.2) is 0 Å². The zero-order valence-corrected chi connectivity index (χ0v) is 11.9. The molecule has 0 aromatic carbocycles. The van der Waals surface area contributed by atoms with Crippen LogP contribution in [0, 0.1) is 5.92 Å². The Morgan fingerprint density at radius 2 is 1.78 bits per heavy atom. The first-order valence-electron chi connectivity index (χ1n) is 7.28. The van der Waals surface area contributed by atoms with Crippen LogP contribution >= 0.6 is 0 Å². The van der Waals surface area contributed by atoms with E-state index in [0.717, 1.165) is 25.9 Å². The SMILES string of the molecule is CC1CN(CC(=O)N2C(C)CCCC2C)CC1N. The minimum Gasteiger partial charge on any atom is -0.336 e. The zero-order chi connectivity index (χ0) is 13.3. The van der Waals surface area contributed by atoms with Crippen LogP contribution in [0.1, 0.15) is 40.0 Å². The first-order valence-corrected chi connectivity index (χ1v) is 7.28. The Morgan fingerprint density at radius 1 is 1.17 bits per heavy atom. The van der Waals surface area contributed by atoms with Gasteiger partial charge in [0.1, 0.15) is 0 Å². The molecule has 4 heteroatoms. The summed E-state index contributed by atoms with van der Waals surface area (Å²) in [5.41, 5.74) is 6.01. The number of likely N-dealkylation sites (tertiary alicyclic amines) is 2. The number of carbonyl (C=O) groups excluding carboxylic acids is 1. The van der Waals surface area contributed by atoms with Crippen molar-refractivity contribution in [2.75, 3.05) is 19.6 Å². The highest BCUT2D eigenvalue weighted by molar-refractivity contribution is 5.79. The molecule has 2 heterocycles. The number of hydrogen-bond donors (Lipinski definition) is 1. The van der Waals surface area contributed by atoms with Crippen LogP contribution in [0.2, 0.25) is 0 Å². The fourth-order valence-electron chi connectivity index (χ4n) is 3.41. The van der Waals surface area contributed by atoms with Gasteiger partial charge in [-0.15, -0.1) is 0 Å². The van der Waals surface area contributed by atoms with Crippen LogP contribution in [-0.4, -0.2) is 53.5 Å². The summed E-state index contributed by atoms with van der Waals surface area (Å²) in [5.74, 6) is 0.796. The minimum absolute atomic E-state index is 0.231. The largest absolute Gasteiger partial charge is 0.336 e. The molecule has 0 spiro atoms. The lowest BCUT2D eigenvalue weighted by Gasteiger charge is -2.39. The van der Waals surface area contributed by atoms with Crippen molar-refractivity contribution in [3.63, 3.8) is 0 Å². The van der Waals surface area contributed by atoms with Gasteiger partial charge in [-0.05, 0) is 39.0 Å². The second kappa shape index (κ2) is 5.57. The normalized spacial score (nSPS) is 38.1. The summed E-state index contributed by atoms with van der Waals surface area (Å²) in [5, 5.41) is 0. The summed E-state index contributed by atoms with van der Waals surface area (Å²) in [6.07, 6.45) is 3.54. The molecule has 1 amide bonds. The lowest BCUT2D eigenvalue weighted by molar-refractivity contribution is -0.138. The topological polar surface area (TPSA) is 49.6 Å². The van der Waals surface area contributed by atoms with Gasteiger partial charge in [-0.2, -0.15) is 0 Å². The molecule has 2 fully saturated rings. The molecule has 2 rings (SSSR count). The lowest BCUT2D eigenvalue weighted by Crippen LogP contribution is -2.51. The summed E-state index contributed by atoms with van der Waals surface area (Å²) in [7, 11) is 0. The second-order valence-corrected chi connectivity index (χ2v) is 6.27. The third kappa shape index (κ3) is 2.86. The van der Waals surface area contributed by atoms with Crippen molar-refractivity contribution < 1.29 is 4.79 Å². The van der Waals surface area contributed by atoms with Crippen molar-refractivity contribution in [3.8, 4) is 0 Å². The average Bonchev–Trinajstić information content (AvgIpc) is 2.57. The minimum atomic E-state index is 0.231. The van der Waals surface area contributed by atoms with Gasteiger partial charge in [-0.1, -0.05) is 6.92 Å². The molecule has 4 nitrogen and oxygen atoms in total. The molecule has 0 bridgehead atoms. The van der Waals surface area contributed by atoms with Gasteiger partial charge in [-0.3, -0.25) is 9.69 Å². The van der Waals surface area contributed by atoms with E-state index < -0.39 is 0 Å². The molecular formula is C14H27N3O. The summed E-state index contributed by atoms with van der Waals surface area (Å²) in [6, 6.07) is 1.03. The quantitative estimate of drug-likeness (QED) is 0.800. The van der Waals surface area contributed by atoms with E-state index in [9.17, 15) is 4.79 Å². The molecule has 4 atom stereocenters. The van der Waals surface area contributed by atoms with Crippen LogP contribution in [0.5, 0.6) is 0 Å². The molecule has 2 saturated heterocycles. The number of carbonyl (C=O) groups is 1. The van der Waals surface area contributed by atoms with Gasteiger partial charge >= 0.3 is 0 Å². The van der Waals surface area contributed by atoms with Crippen LogP contribution in [0.25, 0.3) is 0 Å². The van der Waals surface area contributed by atoms with E-state index in [-0.39, 0.29) is 11.9 Å². The average molecular weight is 253 g/mol. The van der Waals surface area contributed by atoms with Gasteiger partial charge in [-0.25, -0.2) is 0 Å². The van der Waals surface area contributed by atoms with Crippen molar-refractivity contribution in [3.05, 3.63) is 0 Å². The van der Waals surface area contributed by atoms with Gasteiger partial charge in [0.25, 0.3) is 0 Å². The Labute approximate surface area is 110 Å². The molecule has 18 heavy (non-hydrogen) atoms. The lowest BCUT2D eigenvalue weighted by atomic mass is 9.97. The number of piperidine rings is 1. The maximum atomic E-state index is 12.4. The molecule has 0 radical (unpaired) electrons. The highest BCUT2D eigenvalue weighted by Gasteiger charge is 2.32. The van der Waals surface area contributed by atoms with Crippen LogP contribution < -0.4 is 5.73 Å². The van der Waals surface area contributed by atoms with E-state index in [4.69, 9.17) is 5.73 Å². The molecule has 2 aliphatic heterocycles. The summed E-state index contributed by atoms with van der Waals surface area (Å²) < 4.78 is 0. The maximum Gasteiger partial charge on any atom is 0.237 e. The van der Waals surface area contributed by atoms with Crippen molar-refractivity contribution in [1.82, 2.24) is 9.80 Å². The van der Waals surface area contributed by atoms with Crippen molar-refractivity contribution >= 4 is 5.91 Å². The number of hydrogen-bond acceptors (Lipinski definition) is 3. The van der Waals surface area contributed by atoms with E-state index in [1.165, 1.54) is 6.42 Å². The monoisotopic (exact) mass is 253 g/mol. The van der Waals surface area contributed by atoms with Crippen molar-refractivity contribution in [2.24, 2.45) is 11.7 Å². The first kappa shape index (κ1) is 13.8. The standard InChI is InChI=1S/C14H27N3O/c1-10-7-16(8-13(10)15)9-14(18)17-11(2)5-4-6-12(17)3/h10-13H,4-9,15H2,1-3H3. The van der Waals surface area contributed by atoms with Crippen LogP contribution in [0.4, 0.5) is 0 Å². The Kier molecular flexibility index (Phi) is 4.28. The van der Waals surface area contributed by atoms with E-state index >= 15 is 0 Å². The Balaban J connectivity index is 1.91. The second-order valence-electron chi connectivity index (χ2n) is 6.27. The van der Waals surface area contributed by atoms with Crippen LogP contribution in [-0.2, 0) is 4.79 Å². The predicted octanol–water partition coefficient (Wildman–Crippen LogP) is 1.05. The highest BCUT2D eigenvalue weighted by atomic mass is 16.2. The van der Waals surface area contributed by atoms with Gasteiger partial charge < -0.3 is 10.6 Å². The van der Waals surface area contributed by atoms with E-state index in [2.05, 4.69) is 30.6 Å². The highest BCUT2D eigenvalue weighted by Crippen LogP contribution is 2.23. The maximum absolute atomic E-state index is 12.4. The van der Waals surface area contributed by atoms with Gasteiger partial charge in [0, 0.05) is 31.2 Å². The molecular weight excluding hydrogens is 226 g/mol. The third-order valence-electron chi connectivity index (χ3n) is 4.59. The third-order valence-corrected chi connectivity index (χ3v) is 4.59. The summed E-state index contributed by atoms with van der Waals surface area (Å²) in [4.78, 5) is 16.7. The molecule has 0 aromatic rings. The number of nitrogens with two attached hydrogens (primary N) is 1. The van der Waals surface area contributed by atoms with Crippen molar-refractivity contribution in [1.29, 1.82) is 0 Å². The Morgan fingerprint density at radius 3 is 2.28 bits per heavy atom. The molecule has 2 N–H and O–H groups in total. The van der Waals surface area contributed by atoms with Crippen molar-refractivity contribution in [2.45, 2.75) is 58.2 Å². The number of amides is 1. The zero-order valence-electron chi connectivity index (χ0n) is 11.9. The predicted molar refractivity (Wildman–Crippen MR) is 73.2 cm³/mol. The van der Waals surface area contributed by atoms with Crippen LogP contribution in [0.3, 0.4) is 0 Å². The molecule has 4 unspecified atom stereocenters.